The highest BCUT2D eigenvalue weighted by Gasteiger charge is 2.05. The second-order valence-electron chi connectivity index (χ2n) is 4.64. The Morgan fingerprint density at radius 2 is 1.59 bits per heavy atom. The molecule has 0 fully saturated rings. The molecule has 3 aromatic rings. The number of carbonyl (C=O) groups excluding carboxylic acids is 1. The third-order valence-corrected chi connectivity index (χ3v) is 3.01. The molecule has 1 heterocycles. The van der Waals surface area contributed by atoms with E-state index in [1.807, 2.05) is 42.5 Å². The molecule has 0 atom stereocenters. The fourth-order valence-corrected chi connectivity index (χ4v) is 1.93. The van der Waals surface area contributed by atoms with Crippen LogP contribution in [0.3, 0.4) is 0 Å². The largest absolute Gasteiger partial charge is 0.457 e. The van der Waals surface area contributed by atoms with E-state index in [4.69, 9.17) is 4.74 Å². The van der Waals surface area contributed by atoms with Gasteiger partial charge in [0, 0.05) is 18.1 Å². The van der Waals surface area contributed by atoms with Crippen molar-refractivity contribution in [3.05, 3.63) is 84.7 Å². The zero-order valence-electron chi connectivity index (χ0n) is 11.8. The van der Waals surface area contributed by atoms with Gasteiger partial charge in [0.2, 0.25) is 0 Å². The average Bonchev–Trinajstić information content (AvgIpc) is 2.58. The lowest BCUT2D eigenvalue weighted by atomic mass is 10.2. The Bertz CT molecular complexity index is 741. The van der Waals surface area contributed by atoms with Crippen molar-refractivity contribution in [1.29, 1.82) is 0 Å². The first-order valence-corrected chi connectivity index (χ1v) is 6.85. The SMILES string of the molecule is O=C(Nc1ccc(Oc2ccccc2)cc1)c1cccnc1. The molecule has 3 rings (SSSR count). The number of anilines is 1. The zero-order valence-corrected chi connectivity index (χ0v) is 11.8. The molecule has 4 nitrogen and oxygen atoms in total. The van der Waals surface area contributed by atoms with E-state index in [2.05, 4.69) is 10.3 Å². The monoisotopic (exact) mass is 290 g/mol. The molecule has 0 saturated carbocycles. The number of hydrogen-bond donors (Lipinski definition) is 1. The van der Waals surface area contributed by atoms with Crippen molar-refractivity contribution in [3.63, 3.8) is 0 Å². The minimum absolute atomic E-state index is 0.190. The van der Waals surface area contributed by atoms with Crippen LogP contribution in [0.2, 0.25) is 0 Å². The maximum absolute atomic E-state index is 12.0. The smallest absolute Gasteiger partial charge is 0.257 e. The van der Waals surface area contributed by atoms with E-state index in [1.165, 1.54) is 6.20 Å². The third kappa shape index (κ3) is 3.49. The number of pyridine rings is 1. The van der Waals surface area contributed by atoms with Gasteiger partial charge in [-0.25, -0.2) is 0 Å². The minimum Gasteiger partial charge on any atom is -0.457 e. The van der Waals surface area contributed by atoms with Gasteiger partial charge in [0.25, 0.3) is 5.91 Å². The first-order valence-electron chi connectivity index (χ1n) is 6.85. The van der Waals surface area contributed by atoms with E-state index in [9.17, 15) is 4.79 Å². The zero-order chi connectivity index (χ0) is 15.2. The van der Waals surface area contributed by atoms with Gasteiger partial charge >= 0.3 is 0 Å². The predicted molar refractivity (Wildman–Crippen MR) is 85.1 cm³/mol. The number of rotatable bonds is 4. The molecule has 0 unspecified atom stereocenters. The quantitative estimate of drug-likeness (QED) is 0.786. The third-order valence-electron chi connectivity index (χ3n) is 3.01. The van der Waals surface area contributed by atoms with Crippen LogP contribution in [0.4, 0.5) is 5.69 Å². The fourth-order valence-electron chi connectivity index (χ4n) is 1.93. The number of nitrogens with zero attached hydrogens (tertiary/aromatic N) is 1. The van der Waals surface area contributed by atoms with Gasteiger partial charge in [0.15, 0.2) is 0 Å². The number of carbonyl (C=O) groups is 1. The van der Waals surface area contributed by atoms with Crippen LogP contribution < -0.4 is 10.1 Å². The lowest BCUT2D eigenvalue weighted by molar-refractivity contribution is 0.102. The molecule has 0 bridgehead atoms. The number of amides is 1. The summed E-state index contributed by atoms with van der Waals surface area (Å²) in [6.07, 6.45) is 3.16. The van der Waals surface area contributed by atoms with E-state index in [0.29, 0.717) is 17.0 Å². The highest BCUT2D eigenvalue weighted by Crippen LogP contribution is 2.22. The maximum atomic E-state index is 12.0. The second kappa shape index (κ2) is 6.54. The number of nitrogens with one attached hydrogen (secondary N) is 1. The van der Waals surface area contributed by atoms with Crippen LogP contribution in [-0.4, -0.2) is 10.9 Å². The Labute approximate surface area is 128 Å². The van der Waals surface area contributed by atoms with Crippen LogP contribution in [0.5, 0.6) is 11.5 Å². The number of para-hydroxylation sites is 1. The fraction of sp³-hybridized carbons (Fsp3) is 0. The van der Waals surface area contributed by atoms with Crippen LogP contribution in [0, 0.1) is 0 Å². The minimum atomic E-state index is -0.190. The highest BCUT2D eigenvalue weighted by molar-refractivity contribution is 6.04. The van der Waals surface area contributed by atoms with Crippen LogP contribution in [-0.2, 0) is 0 Å². The summed E-state index contributed by atoms with van der Waals surface area (Å²) < 4.78 is 5.70. The van der Waals surface area contributed by atoms with E-state index in [1.54, 1.807) is 30.5 Å². The normalized spacial score (nSPS) is 10.0. The number of aromatic nitrogens is 1. The Hall–Kier alpha value is -3.14. The number of hydrogen-bond acceptors (Lipinski definition) is 3. The van der Waals surface area contributed by atoms with Crippen molar-refractivity contribution in [2.24, 2.45) is 0 Å². The van der Waals surface area contributed by atoms with Crippen molar-refractivity contribution in [2.45, 2.75) is 0 Å². The molecule has 108 valence electrons. The Morgan fingerprint density at radius 3 is 2.27 bits per heavy atom. The van der Waals surface area contributed by atoms with E-state index in [-0.39, 0.29) is 5.91 Å². The van der Waals surface area contributed by atoms with Gasteiger partial charge in [-0.05, 0) is 48.5 Å². The van der Waals surface area contributed by atoms with E-state index in [0.717, 1.165) is 5.75 Å². The summed E-state index contributed by atoms with van der Waals surface area (Å²) in [5.74, 6) is 1.30. The molecular weight excluding hydrogens is 276 g/mol. The molecular formula is C18H14N2O2. The Morgan fingerprint density at radius 1 is 0.864 bits per heavy atom. The van der Waals surface area contributed by atoms with Crippen LogP contribution >= 0.6 is 0 Å². The van der Waals surface area contributed by atoms with Gasteiger partial charge in [-0.1, -0.05) is 18.2 Å². The molecule has 1 aromatic heterocycles. The van der Waals surface area contributed by atoms with Crippen molar-refractivity contribution < 1.29 is 9.53 Å². The van der Waals surface area contributed by atoms with E-state index < -0.39 is 0 Å². The van der Waals surface area contributed by atoms with Crippen molar-refractivity contribution in [1.82, 2.24) is 4.98 Å². The topological polar surface area (TPSA) is 51.2 Å². The standard InChI is InChI=1S/C18H14N2O2/c21-18(14-5-4-12-19-13-14)20-15-8-10-17(11-9-15)22-16-6-2-1-3-7-16/h1-13H,(H,20,21). The molecule has 4 heteroatoms. The number of benzene rings is 2. The van der Waals surface area contributed by atoms with Gasteiger partial charge in [0.1, 0.15) is 11.5 Å². The first kappa shape index (κ1) is 13.8. The van der Waals surface area contributed by atoms with Crippen molar-refractivity contribution in [2.75, 3.05) is 5.32 Å². The summed E-state index contributed by atoms with van der Waals surface area (Å²) in [6.45, 7) is 0. The second-order valence-corrected chi connectivity index (χ2v) is 4.64. The van der Waals surface area contributed by atoms with Gasteiger partial charge in [-0.2, -0.15) is 0 Å². The molecule has 0 aliphatic heterocycles. The summed E-state index contributed by atoms with van der Waals surface area (Å²) in [4.78, 5) is 15.9. The van der Waals surface area contributed by atoms with Gasteiger partial charge in [-0.15, -0.1) is 0 Å². The Kier molecular flexibility index (Phi) is 4.11. The van der Waals surface area contributed by atoms with E-state index >= 15 is 0 Å². The van der Waals surface area contributed by atoms with Crippen LogP contribution in [0.15, 0.2) is 79.1 Å². The molecule has 22 heavy (non-hydrogen) atoms. The first-order chi connectivity index (χ1) is 10.8. The Balaban J connectivity index is 1.66. The molecule has 1 amide bonds. The van der Waals surface area contributed by atoms with Crippen LogP contribution in [0.25, 0.3) is 0 Å². The van der Waals surface area contributed by atoms with Crippen molar-refractivity contribution in [3.8, 4) is 11.5 Å². The molecule has 0 spiro atoms. The van der Waals surface area contributed by atoms with Gasteiger partial charge in [-0.3, -0.25) is 9.78 Å². The summed E-state index contributed by atoms with van der Waals surface area (Å²) in [5, 5.41) is 2.81. The summed E-state index contributed by atoms with van der Waals surface area (Å²) in [7, 11) is 0. The lowest BCUT2D eigenvalue weighted by Gasteiger charge is -2.08. The molecule has 1 N–H and O–H groups in total. The van der Waals surface area contributed by atoms with Crippen molar-refractivity contribution >= 4 is 11.6 Å². The average molecular weight is 290 g/mol. The number of ether oxygens (including phenoxy) is 1. The summed E-state index contributed by atoms with van der Waals surface area (Å²) in [6, 6.07) is 20.2. The highest BCUT2D eigenvalue weighted by atomic mass is 16.5. The molecule has 2 aromatic carbocycles. The summed E-state index contributed by atoms with van der Waals surface area (Å²) >= 11 is 0. The van der Waals surface area contributed by atoms with Gasteiger partial charge < -0.3 is 10.1 Å². The van der Waals surface area contributed by atoms with Crippen LogP contribution in [0.1, 0.15) is 10.4 Å². The maximum Gasteiger partial charge on any atom is 0.257 e. The molecule has 0 aliphatic carbocycles. The molecule has 0 aliphatic rings. The lowest BCUT2D eigenvalue weighted by Crippen LogP contribution is -2.11. The summed E-state index contributed by atoms with van der Waals surface area (Å²) in [5.41, 5.74) is 1.22. The van der Waals surface area contributed by atoms with Gasteiger partial charge in [0.05, 0.1) is 5.56 Å². The molecule has 0 radical (unpaired) electrons. The predicted octanol–water partition coefficient (Wildman–Crippen LogP) is 4.13. The molecule has 0 saturated heterocycles.